The third kappa shape index (κ3) is 4.76. The molecule has 0 bridgehead atoms. The van der Waals surface area contributed by atoms with E-state index in [1.54, 1.807) is 12.1 Å². The van der Waals surface area contributed by atoms with Gasteiger partial charge in [-0.15, -0.1) is 0 Å². The Morgan fingerprint density at radius 2 is 1.40 bits per heavy atom. The first kappa shape index (κ1) is 20.5. The van der Waals surface area contributed by atoms with Crippen LogP contribution in [-0.2, 0) is 6.61 Å². The number of esters is 1. The van der Waals surface area contributed by atoms with Crippen molar-refractivity contribution in [2.24, 2.45) is 0 Å². The van der Waals surface area contributed by atoms with Gasteiger partial charge in [0.2, 0.25) is 0 Å². The highest BCUT2D eigenvalue weighted by molar-refractivity contribution is 5.93. The number of ether oxygens (including phenoxy) is 2. The molecule has 30 heavy (non-hydrogen) atoms. The van der Waals surface area contributed by atoms with Gasteiger partial charge in [0, 0.05) is 12.1 Å². The van der Waals surface area contributed by atoms with Gasteiger partial charge in [-0.05, 0) is 36.8 Å². The maximum absolute atomic E-state index is 12.4. The van der Waals surface area contributed by atoms with Gasteiger partial charge in [0.05, 0.1) is 15.4 Å². The predicted molar refractivity (Wildman–Crippen MR) is 107 cm³/mol. The van der Waals surface area contributed by atoms with E-state index in [4.69, 9.17) is 9.47 Å². The van der Waals surface area contributed by atoms with Crippen LogP contribution in [0, 0.1) is 27.2 Å². The number of hydrogen-bond acceptors (Lipinski definition) is 7. The Balaban J connectivity index is 1.73. The molecule has 0 fully saturated rings. The monoisotopic (exact) mass is 408 g/mol. The van der Waals surface area contributed by atoms with E-state index in [1.165, 1.54) is 19.1 Å². The van der Waals surface area contributed by atoms with Gasteiger partial charge in [-0.25, -0.2) is 4.79 Å². The van der Waals surface area contributed by atoms with Gasteiger partial charge in [0.1, 0.15) is 23.7 Å². The molecule has 0 aliphatic carbocycles. The number of rotatable bonds is 7. The second kappa shape index (κ2) is 8.82. The molecule has 3 aromatic rings. The summed E-state index contributed by atoms with van der Waals surface area (Å²) in [7, 11) is 0. The maximum atomic E-state index is 12.4. The molecule has 0 N–H and O–H groups in total. The molecule has 0 amide bonds. The lowest BCUT2D eigenvalue weighted by Crippen LogP contribution is -2.10. The highest BCUT2D eigenvalue weighted by Crippen LogP contribution is 2.30. The molecule has 0 aliphatic heterocycles. The highest BCUT2D eigenvalue weighted by Gasteiger charge is 2.26. The quantitative estimate of drug-likeness (QED) is 0.242. The van der Waals surface area contributed by atoms with Gasteiger partial charge in [-0.2, -0.15) is 0 Å². The average Bonchev–Trinajstić information content (AvgIpc) is 2.73. The van der Waals surface area contributed by atoms with Crippen LogP contribution >= 0.6 is 0 Å². The van der Waals surface area contributed by atoms with Gasteiger partial charge in [-0.3, -0.25) is 20.2 Å². The Morgan fingerprint density at radius 3 is 1.93 bits per heavy atom. The molecule has 0 heterocycles. The Morgan fingerprint density at radius 1 is 0.867 bits per heavy atom. The van der Waals surface area contributed by atoms with Crippen LogP contribution < -0.4 is 9.47 Å². The maximum Gasteiger partial charge on any atom is 0.344 e. The molecule has 9 heteroatoms. The number of nitrogens with zero attached hydrogens (tertiary/aromatic N) is 2. The van der Waals surface area contributed by atoms with E-state index in [0.29, 0.717) is 12.4 Å². The van der Waals surface area contributed by atoms with E-state index < -0.39 is 27.2 Å². The van der Waals surface area contributed by atoms with Crippen LogP contribution in [0.1, 0.15) is 21.5 Å². The van der Waals surface area contributed by atoms with Crippen LogP contribution in [0.4, 0.5) is 11.4 Å². The summed E-state index contributed by atoms with van der Waals surface area (Å²) in [5, 5.41) is 22.3. The minimum absolute atomic E-state index is 0.138. The van der Waals surface area contributed by atoms with Crippen molar-refractivity contribution in [1.29, 1.82) is 0 Å². The first-order chi connectivity index (χ1) is 14.3. The Kier molecular flexibility index (Phi) is 6.02. The van der Waals surface area contributed by atoms with E-state index in [-0.39, 0.29) is 16.9 Å². The number of carbonyl (C=O) groups excluding carboxylic acids is 1. The lowest BCUT2D eigenvalue weighted by Gasteiger charge is -2.08. The molecule has 0 unspecified atom stereocenters. The fraction of sp³-hybridized carbons (Fsp3) is 0.0952. The van der Waals surface area contributed by atoms with Crippen molar-refractivity contribution in [2.45, 2.75) is 13.5 Å². The minimum Gasteiger partial charge on any atom is -0.489 e. The SMILES string of the molecule is Cc1c([N+](=O)[O-])cc(C(=O)Oc2ccc(OCc3ccccc3)cc2)cc1[N+](=O)[O-]. The van der Waals surface area contributed by atoms with Crippen molar-refractivity contribution in [2.75, 3.05) is 0 Å². The van der Waals surface area contributed by atoms with E-state index in [1.807, 2.05) is 30.3 Å². The number of carbonyl (C=O) groups is 1. The predicted octanol–water partition coefficient (Wildman–Crippen LogP) is 4.61. The third-order valence-electron chi connectivity index (χ3n) is 4.26. The molecule has 3 rings (SSSR count). The van der Waals surface area contributed by atoms with Crippen molar-refractivity contribution in [3.63, 3.8) is 0 Å². The average molecular weight is 408 g/mol. The Labute approximate surface area is 170 Å². The van der Waals surface area contributed by atoms with E-state index in [2.05, 4.69) is 0 Å². The number of nitro groups is 2. The van der Waals surface area contributed by atoms with Gasteiger partial charge in [0.15, 0.2) is 0 Å². The summed E-state index contributed by atoms with van der Waals surface area (Å²) in [6.07, 6.45) is 0. The Bertz CT molecular complexity index is 1060. The summed E-state index contributed by atoms with van der Waals surface area (Å²) in [6, 6.07) is 17.7. The molecule has 0 radical (unpaired) electrons. The Hall–Kier alpha value is -4.27. The number of hydrogen-bond donors (Lipinski definition) is 0. The van der Waals surface area contributed by atoms with E-state index >= 15 is 0 Å². The summed E-state index contributed by atoms with van der Waals surface area (Å²) < 4.78 is 10.8. The lowest BCUT2D eigenvalue weighted by molar-refractivity contribution is -0.395. The largest absolute Gasteiger partial charge is 0.489 e. The fourth-order valence-electron chi connectivity index (χ4n) is 2.69. The first-order valence-electron chi connectivity index (χ1n) is 8.77. The second-order valence-electron chi connectivity index (χ2n) is 6.29. The van der Waals surface area contributed by atoms with Gasteiger partial charge in [0.25, 0.3) is 11.4 Å². The molecule has 152 valence electrons. The molecule has 0 saturated heterocycles. The molecular formula is C21H16N2O7. The molecular weight excluding hydrogens is 392 g/mol. The molecule has 0 spiro atoms. The zero-order valence-electron chi connectivity index (χ0n) is 15.8. The summed E-state index contributed by atoms with van der Waals surface area (Å²) in [5.74, 6) is -0.225. The summed E-state index contributed by atoms with van der Waals surface area (Å²) in [5.41, 5.74) is -0.484. The molecule has 0 aliphatic rings. The second-order valence-corrected chi connectivity index (χ2v) is 6.29. The standard InChI is InChI=1S/C21H16N2O7/c1-14-19(22(25)26)11-16(12-20(14)23(27)28)21(24)30-18-9-7-17(8-10-18)29-13-15-5-3-2-4-6-15/h2-12H,13H2,1H3. The van der Waals surface area contributed by atoms with Crippen molar-refractivity contribution in [3.05, 3.63) is 104 Å². The van der Waals surface area contributed by atoms with Crippen molar-refractivity contribution >= 4 is 17.3 Å². The zero-order chi connectivity index (χ0) is 21.7. The van der Waals surface area contributed by atoms with Crippen molar-refractivity contribution < 1.29 is 24.1 Å². The van der Waals surface area contributed by atoms with Crippen LogP contribution in [0.15, 0.2) is 66.7 Å². The number of benzene rings is 3. The highest BCUT2D eigenvalue weighted by atomic mass is 16.6. The summed E-state index contributed by atoms with van der Waals surface area (Å²) in [6.45, 7) is 1.62. The van der Waals surface area contributed by atoms with Gasteiger partial charge >= 0.3 is 5.97 Å². The third-order valence-corrected chi connectivity index (χ3v) is 4.26. The van der Waals surface area contributed by atoms with Crippen LogP contribution in [-0.4, -0.2) is 15.8 Å². The summed E-state index contributed by atoms with van der Waals surface area (Å²) in [4.78, 5) is 33.1. The van der Waals surface area contributed by atoms with Gasteiger partial charge in [-0.1, -0.05) is 30.3 Å². The summed E-state index contributed by atoms with van der Waals surface area (Å²) >= 11 is 0. The van der Waals surface area contributed by atoms with Crippen LogP contribution in [0.3, 0.4) is 0 Å². The minimum atomic E-state index is -0.945. The van der Waals surface area contributed by atoms with E-state index in [0.717, 1.165) is 17.7 Å². The zero-order valence-corrected chi connectivity index (χ0v) is 15.8. The van der Waals surface area contributed by atoms with Crippen LogP contribution in [0.2, 0.25) is 0 Å². The van der Waals surface area contributed by atoms with Crippen LogP contribution in [0.5, 0.6) is 11.5 Å². The fourth-order valence-corrected chi connectivity index (χ4v) is 2.69. The van der Waals surface area contributed by atoms with Crippen molar-refractivity contribution in [1.82, 2.24) is 0 Å². The molecule has 0 saturated carbocycles. The molecule has 3 aromatic carbocycles. The molecule has 0 atom stereocenters. The normalized spacial score (nSPS) is 10.3. The molecule has 9 nitrogen and oxygen atoms in total. The lowest BCUT2D eigenvalue weighted by atomic mass is 10.1. The number of nitro benzene ring substituents is 2. The van der Waals surface area contributed by atoms with Gasteiger partial charge < -0.3 is 9.47 Å². The molecule has 0 aromatic heterocycles. The smallest absolute Gasteiger partial charge is 0.344 e. The van der Waals surface area contributed by atoms with E-state index in [9.17, 15) is 25.0 Å². The van der Waals surface area contributed by atoms with Crippen LogP contribution in [0.25, 0.3) is 0 Å². The van der Waals surface area contributed by atoms with Crippen molar-refractivity contribution in [3.8, 4) is 11.5 Å². The first-order valence-corrected chi connectivity index (χ1v) is 8.77. The topological polar surface area (TPSA) is 122 Å².